The van der Waals surface area contributed by atoms with Crippen LogP contribution in [0.1, 0.15) is 45.2 Å². The van der Waals surface area contributed by atoms with Crippen molar-refractivity contribution in [1.82, 2.24) is 14.8 Å². The number of rotatable bonds is 3. The van der Waals surface area contributed by atoms with Crippen molar-refractivity contribution < 1.29 is 4.79 Å². The molecule has 2 aliphatic rings. The van der Waals surface area contributed by atoms with Gasteiger partial charge in [-0.2, -0.15) is 4.98 Å². The SMILES string of the molecule is CCSc1nc2n(n1)[C@@H](c1ccccc1)C1=C(CC(C)(C)CC1=O)N2. The fourth-order valence-corrected chi connectivity index (χ4v) is 4.28. The lowest BCUT2D eigenvalue weighted by Crippen LogP contribution is -2.36. The van der Waals surface area contributed by atoms with Gasteiger partial charge in [0.1, 0.15) is 6.04 Å². The Morgan fingerprint density at radius 2 is 2.04 bits per heavy atom. The number of carbonyl (C=O) groups is 1. The fourth-order valence-electron chi connectivity index (χ4n) is 3.72. The molecule has 25 heavy (non-hydrogen) atoms. The van der Waals surface area contributed by atoms with E-state index in [1.165, 1.54) is 0 Å². The maximum Gasteiger partial charge on any atom is 0.227 e. The molecule has 1 aliphatic carbocycles. The molecule has 1 aromatic carbocycles. The third-order valence-electron chi connectivity index (χ3n) is 4.70. The summed E-state index contributed by atoms with van der Waals surface area (Å²) in [4.78, 5) is 17.6. The van der Waals surface area contributed by atoms with Crippen molar-refractivity contribution in [3.05, 3.63) is 47.2 Å². The van der Waals surface area contributed by atoms with E-state index in [9.17, 15) is 4.79 Å². The monoisotopic (exact) mass is 354 g/mol. The number of carbonyl (C=O) groups excluding carboxylic acids is 1. The Balaban J connectivity index is 1.88. The van der Waals surface area contributed by atoms with Gasteiger partial charge in [-0.15, -0.1) is 5.10 Å². The van der Waals surface area contributed by atoms with Gasteiger partial charge in [0.15, 0.2) is 5.78 Å². The van der Waals surface area contributed by atoms with E-state index in [0.717, 1.165) is 40.1 Å². The van der Waals surface area contributed by atoms with E-state index in [0.29, 0.717) is 6.42 Å². The topological polar surface area (TPSA) is 59.8 Å². The predicted molar refractivity (Wildman–Crippen MR) is 99.7 cm³/mol. The number of fused-ring (bicyclic) bond motifs is 1. The summed E-state index contributed by atoms with van der Waals surface area (Å²) >= 11 is 1.61. The van der Waals surface area contributed by atoms with Crippen LogP contribution in [0.4, 0.5) is 5.95 Å². The lowest BCUT2D eigenvalue weighted by molar-refractivity contribution is -0.118. The summed E-state index contributed by atoms with van der Waals surface area (Å²) in [7, 11) is 0. The number of Topliss-reactive ketones (excluding diaryl/α,β-unsaturated/α-hetero) is 1. The van der Waals surface area contributed by atoms with Gasteiger partial charge in [-0.25, -0.2) is 4.68 Å². The van der Waals surface area contributed by atoms with Crippen LogP contribution in [-0.4, -0.2) is 26.3 Å². The van der Waals surface area contributed by atoms with Crippen molar-refractivity contribution in [3.8, 4) is 0 Å². The molecular formula is C19H22N4OS. The molecule has 1 aromatic heterocycles. The van der Waals surface area contributed by atoms with Gasteiger partial charge in [0.2, 0.25) is 11.1 Å². The molecule has 1 atom stereocenters. The number of aromatic nitrogens is 3. The summed E-state index contributed by atoms with van der Waals surface area (Å²) < 4.78 is 1.88. The summed E-state index contributed by atoms with van der Waals surface area (Å²) in [6.07, 6.45) is 1.41. The molecule has 0 amide bonds. The van der Waals surface area contributed by atoms with Crippen molar-refractivity contribution in [3.63, 3.8) is 0 Å². The molecule has 0 saturated carbocycles. The van der Waals surface area contributed by atoms with E-state index in [4.69, 9.17) is 0 Å². The minimum atomic E-state index is -0.199. The molecule has 2 heterocycles. The summed E-state index contributed by atoms with van der Waals surface area (Å²) in [5.74, 6) is 1.85. The first kappa shape index (κ1) is 16.4. The maximum atomic E-state index is 13.0. The van der Waals surface area contributed by atoms with Gasteiger partial charge >= 0.3 is 0 Å². The van der Waals surface area contributed by atoms with E-state index in [1.807, 2.05) is 22.9 Å². The van der Waals surface area contributed by atoms with Crippen LogP contribution in [0.25, 0.3) is 0 Å². The molecule has 0 radical (unpaired) electrons. The number of hydrogen-bond acceptors (Lipinski definition) is 5. The standard InChI is InChI=1S/C19H22N4OS/c1-4-25-18-21-17-20-13-10-19(2,3)11-14(24)15(13)16(23(17)22-18)12-8-6-5-7-9-12/h5-9,16H,4,10-11H2,1-3H3,(H,20,21,22)/t16-/m0/s1. The number of thioether (sulfide) groups is 1. The molecule has 2 aromatic rings. The number of ketones is 1. The number of hydrogen-bond donors (Lipinski definition) is 1. The number of allylic oxidation sites excluding steroid dienone is 2. The maximum absolute atomic E-state index is 13.0. The smallest absolute Gasteiger partial charge is 0.227 e. The summed E-state index contributed by atoms with van der Waals surface area (Å²) in [6.45, 7) is 6.37. The predicted octanol–water partition coefficient (Wildman–Crippen LogP) is 4.05. The van der Waals surface area contributed by atoms with Crippen molar-refractivity contribution in [2.75, 3.05) is 11.1 Å². The molecule has 0 saturated heterocycles. The number of anilines is 1. The van der Waals surface area contributed by atoms with Crippen LogP contribution in [0.5, 0.6) is 0 Å². The average molecular weight is 354 g/mol. The van der Waals surface area contributed by atoms with Crippen LogP contribution >= 0.6 is 11.8 Å². The average Bonchev–Trinajstić information content (AvgIpc) is 2.95. The minimum Gasteiger partial charge on any atom is -0.328 e. The molecule has 0 unspecified atom stereocenters. The van der Waals surface area contributed by atoms with Crippen molar-refractivity contribution >= 4 is 23.5 Å². The second-order valence-corrected chi connectivity index (χ2v) is 8.60. The van der Waals surface area contributed by atoms with Gasteiger partial charge in [0.25, 0.3) is 0 Å². The van der Waals surface area contributed by atoms with Crippen LogP contribution in [0.2, 0.25) is 0 Å². The molecular weight excluding hydrogens is 332 g/mol. The first-order valence-electron chi connectivity index (χ1n) is 8.66. The van der Waals surface area contributed by atoms with E-state index in [2.05, 4.69) is 48.3 Å². The van der Waals surface area contributed by atoms with Crippen molar-refractivity contribution in [2.45, 2.75) is 44.8 Å². The second-order valence-electron chi connectivity index (χ2n) is 7.37. The molecule has 130 valence electrons. The highest BCUT2D eigenvalue weighted by molar-refractivity contribution is 7.99. The number of nitrogens with zero attached hydrogens (tertiary/aromatic N) is 3. The highest BCUT2D eigenvalue weighted by Crippen LogP contribution is 2.45. The molecule has 1 N–H and O–H groups in total. The molecule has 0 spiro atoms. The third kappa shape index (κ3) is 2.88. The lowest BCUT2D eigenvalue weighted by atomic mass is 9.73. The Hall–Kier alpha value is -2.08. The van der Waals surface area contributed by atoms with Gasteiger partial charge in [-0.05, 0) is 23.2 Å². The van der Waals surface area contributed by atoms with Crippen LogP contribution in [-0.2, 0) is 4.79 Å². The Kier molecular flexibility index (Phi) is 3.95. The van der Waals surface area contributed by atoms with Gasteiger partial charge in [0, 0.05) is 17.7 Å². The molecule has 5 nitrogen and oxygen atoms in total. The van der Waals surface area contributed by atoms with Gasteiger partial charge < -0.3 is 5.32 Å². The summed E-state index contributed by atoms with van der Waals surface area (Å²) in [5.41, 5.74) is 2.88. The van der Waals surface area contributed by atoms with Crippen LogP contribution < -0.4 is 5.32 Å². The lowest BCUT2D eigenvalue weighted by Gasteiger charge is -2.38. The normalized spacial score (nSPS) is 21.6. The van der Waals surface area contributed by atoms with Gasteiger partial charge in [-0.1, -0.05) is 62.9 Å². The Bertz CT molecular complexity index is 854. The molecule has 6 heteroatoms. The Morgan fingerprint density at radius 1 is 1.28 bits per heavy atom. The van der Waals surface area contributed by atoms with Crippen LogP contribution in [0, 0.1) is 5.41 Å². The number of nitrogens with one attached hydrogen (secondary N) is 1. The number of benzene rings is 1. The zero-order chi connectivity index (χ0) is 17.6. The summed E-state index contributed by atoms with van der Waals surface area (Å²) in [6, 6.07) is 9.93. The van der Waals surface area contributed by atoms with Crippen molar-refractivity contribution in [2.24, 2.45) is 5.41 Å². The zero-order valence-corrected chi connectivity index (χ0v) is 15.6. The van der Waals surface area contributed by atoms with E-state index >= 15 is 0 Å². The Morgan fingerprint density at radius 3 is 2.76 bits per heavy atom. The highest BCUT2D eigenvalue weighted by Gasteiger charge is 2.41. The van der Waals surface area contributed by atoms with E-state index in [1.54, 1.807) is 11.8 Å². The summed E-state index contributed by atoms with van der Waals surface area (Å²) in [5, 5.41) is 8.83. The Labute approximate surface area is 151 Å². The first-order valence-corrected chi connectivity index (χ1v) is 9.64. The molecule has 0 fully saturated rings. The quantitative estimate of drug-likeness (QED) is 0.843. The molecule has 0 bridgehead atoms. The van der Waals surface area contributed by atoms with Crippen LogP contribution in [0.15, 0.2) is 46.8 Å². The van der Waals surface area contributed by atoms with Gasteiger partial charge in [-0.3, -0.25) is 4.79 Å². The third-order valence-corrected chi connectivity index (χ3v) is 5.42. The highest BCUT2D eigenvalue weighted by atomic mass is 32.2. The van der Waals surface area contributed by atoms with E-state index < -0.39 is 0 Å². The van der Waals surface area contributed by atoms with E-state index in [-0.39, 0.29) is 17.2 Å². The largest absolute Gasteiger partial charge is 0.328 e. The van der Waals surface area contributed by atoms with Gasteiger partial charge in [0.05, 0.1) is 0 Å². The molecule has 1 aliphatic heterocycles. The molecule has 4 rings (SSSR count). The van der Waals surface area contributed by atoms with Crippen LogP contribution in [0.3, 0.4) is 0 Å². The zero-order valence-electron chi connectivity index (χ0n) is 14.7. The minimum absolute atomic E-state index is 0.0344. The fraction of sp³-hybridized carbons (Fsp3) is 0.421. The van der Waals surface area contributed by atoms with Crippen molar-refractivity contribution in [1.29, 1.82) is 0 Å². The second kappa shape index (κ2) is 6.02. The first-order chi connectivity index (χ1) is 12.0.